The van der Waals surface area contributed by atoms with Crippen molar-refractivity contribution in [3.8, 4) is 5.75 Å². The molecule has 0 aliphatic carbocycles. The maximum atomic E-state index is 5.74. The van der Waals surface area contributed by atoms with E-state index in [-0.39, 0.29) is 0 Å². The zero-order chi connectivity index (χ0) is 11.1. The first-order chi connectivity index (χ1) is 7.25. The molecule has 0 fully saturated rings. The fraction of sp³-hybridized carbons (Fsp3) is 0.538. The summed E-state index contributed by atoms with van der Waals surface area (Å²) < 4.78 is 5.74. The predicted molar refractivity (Wildman–Crippen MR) is 64.6 cm³/mol. The molecule has 2 nitrogen and oxygen atoms in total. The molecule has 0 heterocycles. The molecule has 0 aliphatic rings. The van der Waals surface area contributed by atoms with Crippen LogP contribution in [0.4, 0.5) is 0 Å². The van der Waals surface area contributed by atoms with Crippen LogP contribution in [0.2, 0.25) is 0 Å². The van der Waals surface area contributed by atoms with Crippen LogP contribution in [0.1, 0.15) is 24.0 Å². The molecule has 0 atom stereocenters. The summed E-state index contributed by atoms with van der Waals surface area (Å²) >= 11 is 0. The molecule has 1 aromatic rings. The standard InChI is InChI=1S/C13H21NO/c1-11-7-6-8-13(12(11)2)15-10-5-4-9-14-3/h6-8,14H,4-5,9-10H2,1-3H3. The summed E-state index contributed by atoms with van der Waals surface area (Å²) in [5, 5.41) is 3.13. The van der Waals surface area contributed by atoms with Gasteiger partial charge in [-0.05, 0) is 57.5 Å². The molecular formula is C13H21NO. The summed E-state index contributed by atoms with van der Waals surface area (Å²) in [6.45, 7) is 6.10. The molecule has 0 saturated heterocycles. The van der Waals surface area contributed by atoms with Crippen molar-refractivity contribution in [2.24, 2.45) is 0 Å². The van der Waals surface area contributed by atoms with Crippen LogP contribution in [0.5, 0.6) is 5.75 Å². The highest BCUT2D eigenvalue weighted by Crippen LogP contribution is 2.20. The van der Waals surface area contributed by atoms with Crippen LogP contribution in [0, 0.1) is 13.8 Å². The Hall–Kier alpha value is -1.02. The molecular weight excluding hydrogens is 186 g/mol. The minimum Gasteiger partial charge on any atom is -0.493 e. The van der Waals surface area contributed by atoms with E-state index >= 15 is 0 Å². The fourth-order valence-electron chi connectivity index (χ4n) is 1.47. The number of ether oxygens (including phenoxy) is 1. The first-order valence-corrected chi connectivity index (χ1v) is 5.59. The Balaban J connectivity index is 2.34. The smallest absolute Gasteiger partial charge is 0.122 e. The van der Waals surface area contributed by atoms with Crippen LogP contribution >= 0.6 is 0 Å². The van der Waals surface area contributed by atoms with Gasteiger partial charge in [-0.3, -0.25) is 0 Å². The Morgan fingerprint density at radius 2 is 2.00 bits per heavy atom. The molecule has 84 valence electrons. The summed E-state index contributed by atoms with van der Waals surface area (Å²) in [5.74, 6) is 1.03. The third-order valence-electron chi connectivity index (χ3n) is 2.63. The van der Waals surface area contributed by atoms with Crippen molar-refractivity contribution in [3.63, 3.8) is 0 Å². The van der Waals surface area contributed by atoms with Crippen molar-refractivity contribution >= 4 is 0 Å². The van der Waals surface area contributed by atoms with Crippen LogP contribution < -0.4 is 10.1 Å². The SMILES string of the molecule is CNCCCCOc1cccc(C)c1C. The van der Waals surface area contributed by atoms with E-state index in [4.69, 9.17) is 4.74 Å². The second-order valence-electron chi connectivity index (χ2n) is 3.86. The molecule has 0 spiro atoms. The van der Waals surface area contributed by atoms with E-state index in [9.17, 15) is 0 Å². The lowest BCUT2D eigenvalue weighted by atomic mass is 10.1. The summed E-state index contributed by atoms with van der Waals surface area (Å²) in [6.07, 6.45) is 2.27. The average molecular weight is 207 g/mol. The molecule has 0 saturated carbocycles. The number of unbranched alkanes of at least 4 members (excludes halogenated alkanes) is 1. The molecule has 0 amide bonds. The first-order valence-electron chi connectivity index (χ1n) is 5.59. The summed E-state index contributed by atoms with van der Waals surface area (Å²) in [4.78, 5) is 0. The predicted octanol–water partition coefficient (Wildman–Crippen LogP) is 2.68. The lowest BCUT2D eigenvalue weighted by Crippen LogP contribution is -2.09. The van der Waals surface area contributed by atoms with Crippen molar-refractivity contribution < 1.29 is 4.74 Å². The number of rotatable bonds is 6. The number of hydrogen-bond acceptors (Lipinski definition) is 2. The van der Waals surface area contributed by atoms with Gasteiger partial charge in [0.25, 0.3) is 0 Å². The van der Waals surface area contributed by atoms with Crippen LogP contribution in [0.3, 0.4) is 0 Å². The van der Waals surface area contributed by atoms with Gasteiger partial charge in [-0.2, -0.15) is 0 Å². The number of benzene rings is 1. The van der Waals surface area contributed by atoms with Crippen LogP contribution in [0.15, 0.2) is 18.2 Å². The van der Waals surface area contributed by atoms with Gasteiger partial charge < -0.3 is 10.1 Å². The summed E-state index contributed by atoms with van der Waals surface area (Å²) in [6, 6.07) is 6.20. The number of aryl methyl sites for hydroxylation is 1. The van der Waals surface area contributed by atoms with Crippen LogP contribution in [-0.4, -0.2) is 20.2 Å². The highest BCUT2D eigenvalue weighted by Gasteiger charge is 2.00. The van der Waals surface area contributed by atoms with Gasteiger partial charge in [-0.1, -0.05) is 12.1 Å². The van der Waals surface area contributed by atoms with Crippen molar-refractivity contribution in [1.29, 1.82) is 0 Å². The van der Waals surface area contributed by atoms with Crippen LogP contribution in [0.25, 0.3) is 0 Å². The molecule has 0 bridgehead atoms. The van der Waals surface area contributed by atoms with Crippen molar-refractivity contribution in [2.75, 3.05) is 20.2 Å². The van der Waals surface area contributed by atoms with E-state index in [1.54, 1.807) is 0 Å². The first kappa shape index (κ1) is 12.1. The van der Waals surface area contributed by atoms with Crippen molar-refractivity contribution in [3.05, 3.63) is 29.3 Å². The van der Waals surface area contributed by atoms with E-state index in [0.717, 1.165) is 25.3 Å². The lowest BCUT2D eigenvalue weighted by molar-refractivity contribution is 0.304. The van der Waals surface area contributed by atoms with Gasteiger partial charge in [-0.15, -0.1) is 0 Å². The second-order valence-corrected chi connectivity index (χ2v) is 3.86. The van der Waals surface area contributed by atoms with Gasteiger partial charge >= 0.3 is 0 Å². The topological polar surface area (TPSA) is 21.3 Å². The van der Waals surface area contributed by atoms with Gasteiger partial charge in [0.2, 0.25) is 0 Å². The molecule has 0 radical (unpaired) electrons. The third-order valence-corrected chi connectivity index (χ3v) is 2.63. The highest BCUT2D eigenvalue weighted by atomic mass is 16.5. The average Bonchev–Trinajstić information content (AvgIpc) is 2.24. The number of nitrogens with one attached hydrogen (secondary N) is 1. The van der Waals surface area contributed by atoms with Gasteiger partial charge in [0.05, 0.1) is 6.61 Å². The lowest BCUT2D eigenvalue weighted by Gasteiger charge is -2.10. The minimum atomic E-state index is 0.811. The van der Waals surface area contributed by atoms with E-state index in [1.807, 2.05) is 19.2 Å². The molecule has 2 heteroatoms. The molecule has 0 aliphatic heterocycles. The molecule has 0 unspecified atom stereocenters. The molecule has 15 heavy (non-hydrogen) atoms. The monoisotopic (exact) mass is 207 g/mol. The van der Waals surface area contributed by atoms with Crippen molar-refractivity contribution in [2.45, 2.75) is 26.7 Å². The van der Waals surface area contributed by atoms with E-state index in [1.165, 1.54) is 17.5 Å². The summed E-state index contributed by atoms with van der Waals surface area (Å²) in [7, 11) is 1.98. The van der Waals surface area contributed by atoms with Gasteiger partial charge in [0.15, 0.2) is 0 Å². The van der Waals surface area contributed by atoms with E-state index < -0.39 is 0 Å². The molecule has 0 aromatic heterocycles. The zero-order valence-electron chi connectivity index (χ0n) is 9.97. The van der Waals surface area contributed by atoms with Gasteiger partial charge in [0.1, 0.15) is 5.75 Å². The maximum absolute atomic E-state index is 5.74. The quantitative estimate of drug-likeness (QED) is 0.724. The minimum absolute atomic E-state index is 0.811. The van der Waals surface area contributed by atoms with E-state index in [2.05, 4.69) is 25.2 Å². The fourth-order valence-corrected chi connectivity index (χ4v) is 1.47. The third kappa shape index (κ3) is 3.92. The Bertz CT molecular complexity index is 297. The van der Waals surface area contributed by atoms with Crippen molar-refractivity contribution in [1.82, 2.24) is 5.32 Å². The maximum Gasteiger partial charge on any atom is 0.122 e. The largest absolute Gasteiger partial charge is 0.493 e. The molecule has 1 aromatic carbocycles. The van der Waals surface area contributed by atoms with Gasteiger partial charge in [-0.25, -0.2) is 0 Å². The zero-order valence-corrected chi connectivity index (χ0v) is 9.97. The normalized spacial score (nSPS) is 10.3. The molecule has 1 N–H and O–H groups in total. The molecule has 1 rings (SSSR count). The summed E-state index contributed by atoms with van der Waals surface area (Å²) in [5.41, 5.74) is 2.55. The van der Waals surface area contributed by atoms with Gasteiger partial charge in [0, 0.05) is 0 Å². The Kier molecular flexibility index (Phi) is 5.19. The highest BCUT2D eigenvalue weighted by molar-refractivity contribution is 5.38. The Morgan fingerprint density at radius 1 is 1.20 bits per heavy atom. The Morgan fingerprint density at radius 3 is 2.73 bits per heavy atom. The van der Waals surface area contributed by atoms with E-state index in [0.29, 0.717) is 0 Å². The Labute approximate surface area is 92.6 Å². The second kappa shape index (κ2) is 6.46. The van der Waals surface area contributed by atoms with Crippen LogP contribution in [-0.2, 0) is 0 Å². The number of hydrogen-bond donors (Lipinski definition) is 1.